The molecule has 0 bridgehead atoms. The van der Waals surface area contributed by atoms with Crippen LogP contribution in [0.1, 0.15) is 12.5 Å². The SMILES string of the molecule is CC12C=CC=CC1N(c1ccc(N3c4ccccc4-n4c(-c5ccncc5)nc5cccc3c54)cc1)c1ccccc12. The minimum atomic E-state index is -0.0591. The van der Waals surface area contributed by atoms with Gasteiger partial charge in [0, 0.05) is 40.4 Å². The highest BCUT2D eigenvalue weighted by Crippen LogP contribution is 2.52. The Morgan fingerprint density at radius 2 is 1.38 bits per heavy atom. The van der Waals surface area contributed by atoms with Crippen molar-refractivity contribution < 1.29 is 0 Å². The predicted molar refractivity (Wildman–Crippen MR) is 171 cm³/mol. The van der Waals surface area contributed by atoms with Gasteiger partial charge < -0.3 is 9.80 Å². The van der Waals surface area contributed by atoms with Crippen molar-refractivity contribution in [2.24, 2.45) is 0 Å². The predicted octanol–water partition coefficient (Wildman–Crippen LogP) is 8.77. The zero-order chi connectivity index (χ0) is 27.8. The molecule has 9 rings (SSSR count). The van der Waals surface area contributed by atoms with Crippen LogP contribution in [0, 0.1) is 0 Å². The van der Waals surface area contributed by atoms with Crippen LogP contribution in [0.3, 0.4) is 0 Å². The highest BCUT2D eigenvalue weighted by Gasteiger charge is 2.46. The van der Waals surface area contributed by atoms with Gasteiger partial charge >= 0.3 is 0 Å². The molecule has 5 nitrogen and oxygen atoms in total. The summed E-state index contributed by atoms with van der Waals surface area (Å²) >= 11 is 0. The van der Waals surface area contributed by atoms with Gasteiger partial charge in [0.2, 0.25) is 0 Å². The highest BCUT2D eigenvalue weighted by molar-refractivity contribution is 6.03. The molecule has 0 fully saturated rings. The van der Waals surface area contributed by atoms with Crippen molar-refractivity contribution in [1.29, 1.82) is 0 Å². The number of fused-ring (bicyclic) bond motifs is 5. The van der Waals surface area contributed by atoms with Gasteiger partial charge in [-0.05, 0) is 79.2 Å². The number of hydrogen-bond acceptors (Lipinski definition) is 4. The average Bonchev–Trinajstić information content (AvgIpc) is 3.57. The van der Waals surface area contributed by atoms with E-state index in [1.54, 1.807) is 0 Å². The monoisotopic (exact) mass is 541 g/mol. The molecule has 0 spiro atoms. The molecule has 6 aromatic rings. The molecule has 2 unspecified atom stereocenters. The van der Waals surface area contributed by atoms with E-state index in [0.717, 1.165) is 45.2 Å². The largest absolute Gasteiger partial charge is 0.333 e. The van der Waals surface area contributed by atoms with Crippen molar-refractivity contribution in [2.45, 2.75) is 18.4 Å². The maximum absolute atomic E-state index is 5.10. The maximum atomic E-state index is 5.10. The van der Waals surface area contributed by atoms with E-state index in [1.165, 1.54) is 16.9 Å². The number of anilines is 5. The molecular weight excluding hydrogens is 514 g/mol. The van der Waals surface area contributed by atoms with E-state index in [4.69, 9.17) is 4.98 Å². The molecule has 0 saturated heterocycles. The molecule has 0 radical (unpaired) electrons. The third-order valence-electron chi connectivity index (χ3n) is 9.07. The highest BCUT2D eigenvalue weighted by atomic mass is 15.2. The number of hydrogen-bond donors (Lipinski definition) is 0. The molecule has 3 aliphatic rings. The van der Waals surface area contributed by atoms with Crippen molar-refractivity contribution >= 4 is 39.5 Å². The Morgan fingerprint density at radius 3 is 2.21 bits per heavy atom. The summed E-state index contributed by atoms with van der Waals surface area (Å²) in [5, 5.41) is 0. The van der Waals surface area contributed by atoms with Crippen LogP contribution in [0.4, 0.5) is 28.4 Å². The Hall–Kier alpha value is -5.42. The number of aromatic nitrogens is 3. The van der Waals surface area contributed by atoms with Gasteiger partial charge in [0.05, 0.1) is 34.1 Å². The molecule has 42 heavy (non-hydrogen) atoms. The van der Waals surface area contributed by atoms with Crippen LogP contribution >= 0.6 is 0 Å². The number of imidazole rings is 1. The van der Waals surface area contributed by atoms with Crippen molar-refractivity contribution in [3.63, 3.8) is 0 Å². The Kier molecular flexibility index (Phi) is 4.74. The van der Waals surface area contributed by atoms with Crippen LogP contribution in [0.2, 0.25) is 0 Å². The van der Waals surface area contributed by atoms with E-state index in [9.17, 15) is 0 Å². The van der Waals surface area contributed by atoms with Crippen LogP contribution in [0.5, 0.6) is 0 Å². The van der Waals surface area contributed by atoms with E-state index >= 15 is 0 Å². The molecule has 5 heteroatoms. The van der Waals surface area contributed by atoms with E-state index < -0.39 is 0 Å². The normalized spacial score (nSPS) is 19.6. The first kappa shape index (κ1) is 23.3. The lowest BCUT2D eigenvalue weighted by molar-refractivity contribution is 0.551. The molecule has 200 valence electrons. The fourth-order valence-electron chi connectivity index (χ4n) is 7.15. The van der Waals surface area contributed by atoms with Gasteiger partial charge in [-0.25, -0.2) is 4.98 Å². The second kappa shape index (κ2) is 8.54. The first-order valence-corrected chi connectivity index (χ1v) is 14.4. The van der Waals surface area contributed by atoms with Gasteiger partial charge in [-0.15, -0.1) is 0 Å². The molecule has 2 aliphatic heterocycles. The van der Waals surface area contributed by atoms with E-state index in [1.807, 2.05) is 24.5 Å². The first-order valence-electron chi connectivity index (χ1n) is 14.4. The number of pyridine rings is 1. The summed E-state index contributed by atoms with van der Waals surface area (Å²) in [6.07, 6.45) is 12.7. The first-order chi connectivity index (χ1) is 20.7. The van der Waals surface area contributed by atoms with Crippen molar-refractivity contribution in [2.75, 3.05) is 9.80 Å². The van der Waals surface area contributed by atoms with Gasteiger partial charge in [0.1, 0.15) is 5.82 Å². The van der Waals surface area contributed by atoms with Crippen molar-refractivity contribution in [3.05, 3.63) is 145 Å². The molecule has 1 aliphatic carbocycles. The van der Waals surface area contributed by atoms with Crippen LogP contribution < -0.4 is 9.80 Å². The number of benzene rings is 4. The van der Waals surface area contributed by atoms with E-state index in [-0.39, 0.29) is 11.5 Å². The molecule has 2 atom stereocenters. The van der Waals surface area contributed by atoms with Crippen molar-refractivity contribution in [1.82, 2.24) is 14.5 Å². The van der Waals surface area contributed by atoms with Crippen LogP contribution in [0.15, 0.2) is 140 Å². The van der Waals surface area contributed by atoms with Gasteiger partial charge in [0.25, 0.3) is 0 Å². The number of rotatable bonds is 3. The summed E-state index contributed by atoms with van der Waals surface area (Å²) in [5.41, 5.74) is 11.4. The Bertz CT molecular complexity index is 2070. The summed E-state index contributed by atoms with van der Waals surface area (Å²) < 4.78 is 2.30. The Morgan fingerprint density at radius 1 is 0.667 bits per heavy atom. The summed E-state index contributed by atoms with van der Waals surface area (Å²) in [5.74, 6) is 0.924. The van der Waals surface area contributed by atoms with Crippen molar-refractivity contribution in [3.8, 4) is 17.1 Å². The maximum Gasteiger partial charge on any atom is 0.145 e. The minimum Gasteiger partial charge on any atom is -0.333 e. The van der Waals surface area contributed by atoms with Crippen LogP contribution in [-0.2, 0) is 5.41 Å². The molecule has 2 aromatic heterocycles. The quantitative estimate of drug-likeness (QED) is 0.224. The van der Waals surface area contributed by atoms with Crippen LogP contribution in [0.25, 0.3) is 28.1 Å². The van der Waals surface area contributed by atoms with Gasteiger partial charge in [-0.1, -0.05) is 60.7 Å². The molecule has 0 N–H and O–H groups in total. The molecule has 4 heterocycles. The molecular formula is C37H27N5. The third kappa shape index (κ3) is 3.08. The van der Waals surface area contributed by atoms with E-state index in [2.05, 4.69) is 142 Å². The molecule has 4 aromatic carbocycles. The minimum absolute atomic E-state index is 0.0591. The summed E-state index contributed by atoms with van der Waals surface area (Å²) in [7, 11) is 0. The summed E-state index contributed by atoms with van der Waals surface area (Å²) in [6.45, 7) is 2.35. The second-order valence-electron chi connectivity index (χ2n) is 11.4. The molecule has 0 saturated carbocycles. The zero-order valence-electron chi connectivity index (χ0n) is 23.1. The fourth-order valence-corrected chi connectivity index (χ4v) is 7.15. The number of para-hydroxylation sites is 4. The average molecular weight is 542 g/mol. The topological polar surface area (TPSA) is 37.2 Å². The summed E-state index contributed by atoms with van der Waals surface area (Å²) in [6, 6.07) is 37.1. The fraction of sp³-hybridized carbons (Fsp3) is 0.0811. The lowest BCUT2D eigenvalue weighted by Crippen LogP contribution is -2.39. The Balaban J connectivity index is 1.20. The van der Waals surface area contributed by atoms with Crippen LogP contribution in [-0.4, -0.2) is 20.6 Å². The third-order valence-corrected chi connectivity index (χ3v) is 9.07. The zero-order valence-corrected chi connectivity index (χ0v) is 23.1. The molecule has 0 amide bonds. The van der Waals surface area contributed by atoms with E-state index in [0.29, 0.717) is 0 Å². The number of nitrogens with zero attached hydrogens (tertiary/aromatic N) is 5. The van der Waals surface area contributed by atoms with Gasteiger partial charge in [0.15, 0.2) is 0 Å². The smallest absolute Gasteiger partial charge is 0.145 e. The lowest BCUT2D eigenvalue weighted by Gasteiger charge is -2.35. The number of allylic oxidation sites excluding steroid dienone is 2. The lowest BCUT2D eigenvalue weighted by atomic mass is 9.76. The van der Waals surface area contributed by atoms with Gasteiger partial charge in [-0.3, -0.25) is 9.55 Å². The second-order valence-corrected chi connectivity index (χ2v) is 11.4. The van der Waals surface area contributed by atoms with Gasteiger partial charge in [-0.2, -0.15) is 0 Å². The Labute approximate surface area is 244 Å². The summed E-state index contributed by atoms with van der Waals surface area (Å²) in [4.78, 5) is 14.2. The standard InChI is InChI=1S/C37H27N5/c1-37-22-7-6-15-34(37)41(30-11-3-2-9-28(30)37)27-18-16-26(17-19-27)40-31-12-4-5-13-32(31)42-35-29(10-8-14-33(35)40)39-36(42)25-20-23-38-24-21-25/h2-24,34H,1H3.